The van der Waals surface area contributed by atoms with Gasteiger partial charge in [0.2, 0.25) is 5.95 Å². The van der Waals surface area contributed by atoms with Crippen molar-refractivity contribution >= 4 is 17.3 Å². The van der Waals surface area contributed by atoms with Gasteiger partial charge in [-0.3, -0.25) is 0 Å². The first-order chi connectivity index (χ1) is 10.3. The summed E-state index contributed by atoms with van der Waals surface area (Å²) in [6.45, 7) is 4.32. The van der Waals surface area contributed by atoms with Gasteiger partial charge in [-0.25, -0.2) is 15.0 Å². The van der Waals surface area contributed by atoms with Crippen LogP contribution in [0.3, 0.4) is 0 Å². The summed E-state index contributed by atoms with van der Waals surface area (Å²) >= 11 is 1.65. The van der Waals surface area contributed by atoms with E-state index in [0.29, 0.717) is 12.5 Å². The summed E-state index contributed by atoms with van der Waals surface area (Å²) in [5, 5.41) is 5.16. The van der Waals surface area contributed by atoms with Crippen LogP contribution in [0, 0.1) is 0 Å². The van der Waals surface area contributed by atoms with Gasteiger partial charge in [0.25, 0.3) is 0 Å². The minimum atomic E-state index is 0.594. The summed E-state index contributed by atoms with van der Waals surface area (Å²) < 4.78 is 1.96. The highest BCUT2D eigenvalue weighted by Crippen LogP contribution is 2.32. The highest BCUT2D eigenvalue weighted by Gasteiger charge is 2.15. The number of aryl methyl sites for hydroxylation is 1. The standard InChI is InChI=1S/C15H15N5S/c1-3-6-17-15-18-10-11(14-16-7-8-20(14)2)13(19-15)12-5-4-9-21-12/h3-5,7-10H,1,6H2,2H3,(H,17,18,19). The number of hydrogen-bond acceptors (Lipinski definition) is 5. The van der Waals surface area contributed by atoms with Crippen molar-refractivity contribution in [1.29, 1.82) is 0 Å². The Morgan fingerprint density at radius 2 is 2.33 bits per heavy atom. The SMILES string of the molecule is C=CCNc1ncc(-c2nccn2C)c(-c2cccs2)n1. The maximum Gasteiger partial charge on any atom is 0.223 e. The lowest BCUT2D eigenvalue weighted by atomic mass is 10.2. The van der Waals surface area contributed by atoms with E-state index in [2.05, 4.69) is 32.9 Å². The highest BCUT2D eigenvalue weighted by molar-refractivity contribution is 7.13. The van der Waals surface area contributed by atoms with E-state index in [4.69, 9.17) is 0 Å². The van der Waals surface area contributed by atoms with E-state index in [-0.39, 0.29) is 0 Å². The second kappa shape index (κ2) is 5.88. The number of hydrogen-bond donors (Lipinski definition) is 1. The van der Waals surface area contributed by atoms with E-state index in [0.717, 1.165) is 22.0 Å². The second-order valence-corrected chi connectivity index (χ2v) is 5.41. The van der Waals surface area contributed by atoms with Crippen LogP contribution in [-0.2, 0) is 7.05 Å². The predicted molar refractivity (Wildman–Crippen MR) is 86.2 cm³/mol. The molecule has 0 saturated carbocycles. The molecular formula is C15H15N5S. The first-order valence-electron chi connectivity index (χ1n) is 6.53. The van der Waals surface area contributed by atoms with Gasteiger partial charge >= 0.3 is 0 Å². The van der Waals surface area contributed by atoms with Crippen LogP contribution in [0.4, 0.5) is 5.95 Å². The fraction of sp³-hybridized carbons (Fsp3) is 0.133. The van der Waals surface area contributed by atoms with Crippen molar-refractivity contribution in [3.05, 3.63) is 48.8 Å². The van der Waals surface area contributed by atoms with Crippen molar-refractivity contribution in [1.82, 2.24) is 19.5 Å². The van der Waals surface area contributed by atoms with E-state index < -0.39 is 0 Å². The molecule has 0 aromatic carbocycles. The monoisotopic (exact) mass is 297 g/mol. The van der Waals surface area contributed by atoms with Crippen LogP contribution >= 0.6 is 11.3 Å². The van der Waals surface area contributed by atoms with Crippen LogP contribution in [-0.4, -0.2) is 26.1 Å². The molecule has 0 saturated heterocycles. The van der Waals surface area contributed by atoms with Crippen molar-refractivity contribution in [2.45, 2.75) is 0 Å². The molecule has 0 bridgehead atoms. The van der Waals surface area contributed by atoms with Gasteiger partial charge in [-0.1, -0.05) is 12.1 Å². The van der Waals surface area contributed by atoms with Gasteiger partial charge in [-0.15, -0.1) is 17.9 Å². The fourth-order valence-corrected chi connectivity index (χ4v) is 2.75. The molecule has 3 aromatic heterocycles. The maximum absolute atomic E-state index is 4.64. The van der Waals surface area contributed by atoms with Crippen molar-refractivity contribution in [2.24, 2.45) is 7.05 Å². The third-order valence-corrected chi connectivity index (χ3v) is 3.89. The number of rotatable bonds is 5. The summed E-state index contributed by atoms with van der Waals surface area (Å²) in [4.78, 5) is 14.5. The molecular weight excluding hydrogens is 282 g/mol. The average molecular weight is 297 g/mol. The molecule has 0 atom stereocenters. The molecule has 0 aliphatic carbocycles. The van der Waals surface area contributed by atoms with E-state index in [1.54, 1.807) is 23.6 Å². The molecule has 1 N–H and O–H groups in total. The smallest absolute Gasteiger partial charge is 0.223 e. The molecule has 3 heterocycles. The molecule has 0 aliphatic heterocycles. The van der Waals surface area contributed by atoms with Gasteiger partial charge in [0.15, 0.2) is 0 Å². The molecule has 5 nitrogen and oxygen atoms in total. The molecule has 3 rings (SSSR count). The van der Waals surface area contributed by atoms with Gasteiger partial charge in [0.05, 0.1) is 16.1 Å². The number of anilines is 1. The molecule has 0 aliphatic rings. The van der Waals surface area contributed by atoms with Crippen molar-refractivity contribution in [3.8, 4) is 22.0 Å². The Morgan fingerprint density at radius 3 is 3.00 bits per heavy atom. The third kappa shape index (κ3) is 2.71. The van der Waals surface area contributed by atoms with Gasteiger partial charge in [0, 0.05) is 32.2 Å². The van der Waals surface area contributed by atoms with E-state index >= 15 is 0 Å². The highest BCUT2D eigenvalue weighted by atomic mass is 32.1. The number of imidazole rings is 1. The summed E-state index contributed by atoms with van der Waals surface area (Å²) in [6, 6.07) is 4.07. The largest absolute Gasteiger partial charge is 0.351 e. The van der Waals surface area contributed by atoms with Crippen LogP contribution in [0.2, 0.25) is 0 Å². The average Bonchev–Trinajstić information content (AvgIpc) is 3.16. The van der Waals surface area contributed by atoms with E-state index in [9.17, 15) is 0 Å². The zero-order valence-corrected chi connectivity index (χ0v) is 12.5. The summed E-state index contributed by atoms with van der Waals surface area (Å²) in [5.74, 6) is 1.45. The molecule has 21 heavy (non-hydrogen) atoms. The Labute approximate surface area is 127 Å². The van der Waals surface area contributed by atoms with Gasteiger partial charge < -0.3 is 9.88 Å². The Hall–Kier alpha value is -2.47. The molecule has 0 amide bonds. The molecule has 6 heteroatoms. The molecule has 0 spiro atoms. The lowest BCUT2D eigenvalue weighted by Gasteiger charge is -2.09. The molecule has 0 fully saturated rings. The lowest BCUT2D eigenvalue weighted by molar-refractivity contribution is 0.921. The number of aromatic nitrogens is 4. The summed E-state index contributed by atoms with van der Waals surface area (Å²) in [6.07, 6.45) is 7.28. The van der Waals surface area contributed by atoms with E-state index in [1.165, 1.54) is 0 Å². The Kier molecular flexibility index (Phi) is 3.79. The second-order valence-electron chi connectivity index (χ2n) is 4.46. The van der Waals surface area contributed by atoms with E-state index in [1.807, 2.05) is 35.5 Å². The fourth-order valence-electron chi connectivity index (χ4n) is 2.02. The summed E-state index contributed by atoms with van der Waals surface area (Å²) in [5.41, 5.74) is 1.81. The van der Waals surface area contributed by atoms with Crippen LogP contribution < -0.4 is 5.32 Å². The quantitative estimate of drug-likeness (QED) is 0.735. The van der Waals surface area contributed by atoms with Crippen LogP contribution in [0.1, 0.15) is 0 Å². The third-order valence-electron chi connectivity index (χ3n) is 3.01. The molecule has 106 valence electrons. The Balaban J connectivity index is 2.11. The normalized spacial score (nSPS) is 10.5. The molecule has 3 aromatic rings. The Bertz CT molecular complexity index is 745. The molecule has 0 unspecified atom stereocenters. The topological polar surface area (TPSA) is 55.6 Å². The number of thiophene rings is 1. The van der Waals surface area contributed by atoms with Crippen molar-refractivity contribution < 1.29 is 0 Å². The van der Waals surface area contributed by atoms with Gasteiger partial charge in [-0.2, -0.15) is 0 Å². The van der Waals surface area contributed by atoms with Crippen LogP contribution in [0.15, 0.2) is 48.8 Å². The predicted octanol–water partition coefficient (Wildman–Crippen LogP) is 3.20. The maximum atomic E-state index is 4.64. The van der Waals surface area contributed by atoms with Crippen LogP contribution in [0.25, 0.3) is 22.0 Å². The Morgan fingerprint density at radius 1 is 1.43 bits per heavy atom. The van der Waals surface area contributed by atoms with Gasteiger partial charge in [0.1, 0.15) is 5.82 Å². The first-order valence-corrected chi connectivity index (χ1v) is 7.41. The number of nitrogens with one attached hydrogen (secondary N) is 1. The number of nitrogens with zero attached hydrogens (tertiary/aromatic N) is 4. The zero-order chi connectivity index (χ0) is 14.7. The van der Waals surface area contributed by atoms with Crippen LogP contribution in [0.5, 0.6) is 0 Å². The minimum Gasteiger partial charge on any atom is -0.351 e. The van der Waals surface area contributed by atoms with Crippen molar-refractivity contribution in [2.75, 3.05) is 11.9 Å². The molecule has 0 radical (unpaired) electrons. The minimum absolute atomic E-state index is 0.594. The zero-order valence-electron chi connectivity index (χ0n) is 11.7. The first kappa shape index (κ1) is 13.5. The lowest BCUT2D eigenvalue weighted by Crippen LogP contribution is -2.05. The van der Waals surface area contributed by atoms with Crippen molar-refractivity contribution in [3.63, 3.8) is 0 Å². The van der Waals surface area contributed by atoms with Gasteiger partial charge in [-0.05, 0) is 11.4 Å². The summed E-state index contributed by atoms with van der Waals surface area (Å²) in [7, 11) is 1.96.